The fourth-order valence-electron chi connectivity index (χ4n) is 1.71. The van der Waals surface area contributed by atoms with Crippen molar-refractivity contribution in [1.29, 1.82) is 0 Å². The third-order valence-corrected chi connectivity index (χ3v) is 2.67. The van der Waals surface area contributed by atoms with E-state index in [1.807, 2.05) is 6.07 Å². The molecule has 1 rings (SSSR count). The summed E-state index contributed by atoms with van der Waals surface area (Å²) in [6, 6.07) is 2.52. The lowest BCUT2D eigenvalue weighted by molar-refractivity contribution is 0.241. The molecule has 4 nitrogen and oxygen atoms in total. The lowest BCUT2D eigenvalue weighted by Gasteiger charge is -2.16. The van der Waals surface area contributed by atoms with Gasteiger partial charge in [0.05, 0.1) is 12.2 Å². The molecule has 0 fully saturated rings. The van der Waals surface area contributed by atoms with Crippen LogP contribution in [0.4, 0.5) is 0 Å². The maximum atomic E-state index is 5.34. The third-order valence-electron chi connectivity index (χ3n) is 2.67. The number of nitrogens with one attached hydrogen (secondary N) is 1. The standard InChI is InChI=1S/C13H25N3O/c1-5-7-16(6-2)10-13-8-12(15-17-13)9-14-11(3)4/h8,11,14H,5-7,9-10H2,1-4H3. The lowest BCUT2D eigenvalue weighted by Crippen LogP contribution is -2.23. The molecule has 1 N–H and O–H groups in total. The summed E-state index contributed by atoms with van der Waals surface area (Å²) >= 11 is 0. The monoisotopic (exact) mass is 239 g/mol. The normalized spacial score (nSPS) is 11.6. The molecule has 0 aromatic carbocycles. The average Bonchev–Trinajstić information content (AvgIpc) is 2.73. The number of hydrogen-bond acceptors (Lipinski definition) is 4. The van der Waals surface area contributed by atoms with Crippen LogP contribution in [0.5, 0.6) is 0 Å². The highest BCUT2D eigenvalue weighted by molar-refractivity contribution is 5.05. The van der Waals surface area contributed by atoms with Gasteiger partial charge in [0.15, 0.2) is 5.76 Å². The zero-order chi connectivity index (χ0) is 12.7. The van der Waals surface area contributed by atoms with Gasteiger partial charge in [-0.25, -0.2) is 0 Å². The molecule has 17 heavy (non-hydrogen) atoms. The van der Waals surface area contributed by atoms with Gasteiger partial charge in [0.1, 0.15) is 0 Å². The zero-order valence-electron chi connectivity index (χ0n) is 11.5. The summed E-state index contributed by atoms with van der Waals surface area (Å²) in [5.41, 5.74) is 0.987. The van der Waals surface area contributed by atoms with Crippen LogP contribution in [0.15, 0.2) is 10.6 Å². The highest BCUT2D eigenvalue weighted by Crippen LogP contribution is 2.08. The Hall–Kier alpha value is -0.870. The first kappa shape index (κ1) is 14.2. The Kier molecular flexibility index (Phi) is 6.22. The molecule has 0 saturated carbocycles. The fourth-order valence-corrected chi connectivity index (χ4v) is 1.71. The SMILES string of the molecule is CCCN(CC)Cc1cc(CNC(C)C)no1. The van der Waals surface area contributed by atoms with Crippen LogP contribution < -0.4 is 5.32 Å². The molecule has 1 heterocycles. The quantitative estimate of drug-likeness (QED) is 0.756. The minimum Gasteiger partial charge on any atom is -0.360 e. The predicted molar refractivity (Wildman–Crippen MR) is 69.7 cm³/mol. The molecule has 0 bridgehead atoms. The summed E-state index contributed by atoms with van der Waals surface area (Å²) in [6.45, 7) is 12.4. The topological polar surface area (TPSA) is 41.3 Å². The van der Waals surface area contributed by atoms with Crippen LogP contribution in [0, 0.1) is 0 Å². The first-order chi connectivity index (χ1) is 8.15. The van der Waals surface area contributed by atoms with E-state index in [1.54, 1.807) is 0 Å². The van der Waals surface area contributed by atoms with Crippen LogP contribution in [-0.4, -0.2) is 29.2 Å². The Morgan fingerprint density at radius 2 is 2.18 bits per heavy atom. The molecule has 98 valence electrons. The van der Waals surface area contributed by atoms with Gasteiger partial charge in [0.2, 0.25) is 0 Å². The first-order valence-corrected chi connectivity index (χ1v) is 6.55. The second-order valence-corrected chi connectivity index (χ2v) is 4.69. The third kappa shape index (κ3) is 5.33. The number of rotatable bonds is 8. The van der Waals surface area contributed by atoms with E-state index >= 15 is 0 Å². The summed E-state index contributed by atoms with van der Waals surface area (Å²) in [5.74, 6) is 0.959. The first-order valence-electron chi connectivity index (χ1n) is 6.55. The highest BCUT2D eigenvalue weighted by atomic mass is 16.5. The molecule has 0 amide bonds. The number of aromatic nitrogens is 1. The molecule has 0 saturated heterocycles. The summed E-state index contributed by atoms with van der Waals surface area (Å²) in [4.78, 5) is 2.36. The lowest BCUT2D eigenvalue weighted by atomic mass is 10.3. The number of hydrogen-bond donors (Lipinski definition) is 1. The Morgan fingerprint density at radius 3 is 2.76 bits per heavy atom. The maximum absolute atomic E-state index is 5.34. The smallest absolute Gasteiger partial charge is 0.151 e. The fraction of sp³-hybridized carbons (Fsp3) is 0.769. The number of nitrogens with zero attached hydrogens (tertiary/aromatic N) is 2. The van der Waals surface area contributed by atoms with E-state index in [2.05, 4.69) is 43.1 Å². The van der Waals surface area contributed by atoms with Crippen molar-refractivity contribution in [3.05, 3.63) is 17.5 Å². The molecule has 0 radical (unpaired) electrons. The molecular weight excluding hydrogens is 214 g/mol. The summed E-state index contributed by atoms with van der Waals surface area (Å²) in [7, 11) is 0. The van der Waals surface area contributed by atoms with Gasteiger partial charge in [-0.2, -0.15) is 0 Å². The van der Waals surface area contributed by atoms with Crippen molar-refractivity contribution in [3.63, 3.8) is 0 Å². The van der Waals surface area contributed by atoms with Crippen molar-refractivity contribution >= 4 is 0 Å². The zero-order valence-corrected chi connectivity index (χ0v) is 11.5. The Bertz CT molecular complexity index is 309. The summed E-state index contributed by atoms with van der Waals surface area (Å²) in [5, 5.41) is 7.40. The van der Waals surface area contributed by atoms with Gasteiger partial charge in [-0.3, -0.25) is 4.90 Å². The van der Waals surface area contributed by atoms with Crippen LogP contribution in [0.1, 0.15) is 45.6 Å². The van der Waals surface area contributed by atoms with Crippen LogP contribution in [0.25, 0.3) is 0 Å². The van der Waals surface area contributed by atoms with Crippen LogP contribution >= 0.6 is 0 Å². The van der Waals surface area contributed by atoms with Gasteiger partial charge in [0.25, 0.3) is 0 Å². The Labute approximate surface area is 104 Å². The molecular formula is C13H25N3O. The molecule has 0 aliphatic carbocycles. The highest BCUT2D eigenvalue weighted by Gasteiger charge is 2.08. The van der Waals surface area contributed by atoms with E-state index in [4.69, 9.17) is 4.52 Å². The van der Waals surface area contributed by atoms with E-state index < -0.39 is 0 Å². The van der Waals surface area contributed by atoms with Crippen molar-refractivity contribution < 1.29 is 4.52 Å². The van der Waals surface area contributed by atoms with Gasteiger partial charge in [-0.1, -0.05) is 32.9 Å². The average molecular weight is 239 g/mol. The molecule has 4 heteroatoms. The van der Waals surface area contributed by atoms with Gasteiger partial charge in [0, 0.05) is 18.7 Å². The van der Waals surface area contributed by atoms with E-state index in [1.165, 1.54) is 6.42 Å². The van der Waals surface area contributed by atoms with Gasteiger partial charge < -0.3 is 9.84 Å². The van der Waals surface area contributed by atoms with Gasteiger partial charge in [-0.05, 0) is 19.5 Å². The minimum absolute atomic E-state index is 0.474. The molecule has 0 unspecified atom stereocenters. The van der Waals surface area contributed by atoms with E-state index in [9.17, 15) is 0 Å². The van der Waals surface area contributed by atoms with E-state index in [0.717, 1.165) is 37.6 Å². The molecule has 0 atom stereocenters. The summed E-state index contributed by atoms with van der Waals surface area (Å²) < 4.78 is 5.34. The second-order valence-electron chi connectivity index (χ2n) is 4.69. The summed E-state index contributed by atoms with van der Waals surface area (Å²) in [6.07, 6.45) is 1.17. The molecule has 0 aliphatic heterocycles. The van der Waals surface area contributed by atoms with Crippen LogP contribution in [-0.2, 0) is 13.1 Å². The molecule has 0 aliphatic rings. The van der Waals surface area contributed by atoms with Crippen molar-refractivity contribution in [2.45, 2.75) is 53.2 Å². The van der Waals surface area contributed by atoms with Crippen molar-refractivity contribution in [2.75, 3.05) is 13.1 Å². The second kappa shape index (κ2) is 7.45. The molecule has 0 spiro atoms. The van der Waals surface area contributed by atoms with Gasteiger partial charge in [-0.15, -0.1) is 0 Å². The predicted octanol–water partition coefficient (Wildman–Crippen LogP) is 2.40. The van der Waals surface area contributed by atoms with Crippen LogP contribution in [0.2, 0.25) is 0 Å². The van der Waals surface area contributed by atoms with Crippen molar-refractivity contribution in [3.8, 4) is 0 Å². The van der Waals surface area contributed by atoms with Crippen molar-refractivity contribution in [1.82, 2.24) is 15.4 Å². The van der Waals surface area contributed by atoms with E-state index in [-0.39, 0.29) is 0 Å². The van der Waals surface area contributed by atoms with Crippen LogP contribution in [0.3, 0.4) is 0 Å². The Balaban J connectivity index is 2.44. The van der Waals surface area contributed by atoms with Gasteiger partial charge >= 0.3 is 0 Å². The van der Waals surface area contributed by atoms with E-state index in [0.29, 0.717) is 6.04 Å². The van der Waals surface area contributed by atoms with Crippen molar-refractivity contribution in [2.24, 2.45) is 0 Å². The minimum atomic E-state index is 0.474. The largest absolute Gasteiger partial charge is 0.360 e. The maximum Gasteiger partial charge on any atom is 0.151 e. The Morgan fingerprint density at radius 1 is 1.41 bits per heavy atom. The molecule has 1 aromatic heterocycles. The molecule has 1 aromatic rings.